The molecule has 0 atom stereocenters. The Bertz CT molecular complexity index is 897. The average Bonchev–Trinajstić information content (AvgIpc) is 2.99. The van der Waals surface area contributed by atoms with Crippen LogP contribution < -0.4 is 10.2 Å². The van der Waals surface area contributed by atoms with Crippen molar-refractivity contribution in [3.63, 3.8) is 0 Å². The van der Waals surface area contributed by atoms with Crippen LogP contribution in [0.3, 0.4) is 0 Å². The molecule has 0 aliphatic carbocycles. The largest absolute Gasteiger partial charge is 0.492 e. The summed E-state index contributed by atoms with van der Waals surface area (Å²) in [5, 5.41) is 8.70. The predicted molar refractivity (Wildman–Crippen MR) is 85.9 cm³/mol. The number of benzene rings is 1. The van der Waals surface area contributed by atoms with E-state index in [4.69, 9.17) is 21.5 Å². The number of carbonyl (C=O) groups is 1. The molecule has 0 saturated heterocycles. The molecule has 0 saturated carbocycles. The summed E-state index contributed by atoms with van der Waals surface area (Å²) in [5.74, 6) is -0.660. The smallest absolute Gasteiger partial charge is 0.276 e. The number of fused-ring (bicyclic) bond motifs is 1. The molecule has 0 bridgehead atoms. The lowest BCUT2D eigenvalue weighted by Gasteiger charge is -2.09. The van der Waals surface area contributed by atoms with Crippen LogP contribution in [0, 0.1) is 5.82 Å². The molecule has 2 N–H and O–H groups in total. The molecule has 124 valence electrons. The van der Waals surface area contributed by atoms with Gasteiger partial charge in [-0.05, 0) is 24.3 Å². The van der Waals surface area contributed by atoms with Gasteiger partial charge in [-0.25, -0.2) is 9.87 Å². The first-order valence-corrected chi connectivity index (χ1v) is 7.43. The fourth-order valence-corrected chi connectivity index (χ4v) is 2.45. The van der Waals surface area contributed by atoms with Crippen molar-refractivity contribution in [1.82, 2.24) is 15.0 Å². The summed E-state index contributed by atoms with van der Waals surface area (Å²) in [6.45, 7) is 0.812. The maximum Gasteiger partial charge on any atom is 0.276 e. The number of nitrogens with one attached hydrogen (secondary N) is 1. The first-order valence-electron chi connectivity index (χ1n) is 7.05. The maximum atomic E-state index is 13.1. The van der Waals surface area contributed by atoms with E-state index in [-0.39, 0.29) is 10.6 Å². The zero-order valence-corrected chi connectivity index (χ0v) is 13.1. The molecule has 0 unspecified atom stereocenters. The number of hydrogen-bond donors (Lipinski definition) is 2. The molecule has 0 aliphatic heterocycles. The quantitative estimate of drug-likeness (QED) is 0.548. The number of halogens is 2. The number of pyridine rings is 1. The van der Waals surface area contributed by atoms with Gasteiger partial charge in [-0.3, -0.25) is 15.0 Å². The van der Waals surface area contributed by atoms with Crippen LogP contribution in [0.25, 0.3) is 11.0 Å². The van der Waals surface area contributed by atoms with E-state index in [1.807, 2.05) is 16.8 Å². The second-order valence-corrected chi connectivity index (χ2v) is 5.41. The summed E-state index contributed by atoms with van der Waals surface area (Å²) in [6.07, 6.45) is 3.20. The van der Waals surface area contributed by atoms with Crippen molar-refractivity contribution in [3.8, 4) is 5.75 Å². The van der Waals surface area contributed by atoms with E-state index in [2.05, 4.69) is 4.98 Å². The fraction of sp³-hybridized carbons (Fsp3) is 0.125. The third-order valence-corrected chi connectivity index (χ3v) is 3.76. The van der Waals surface area contributed by atoms with Gasteiger partial charge in [-0.15, -0.1) is 0 Å². The van der Waals surface area contributed by atoms with Crippen molar-refractivity contribution < 1.29 is 19.1 Å². The van der Waals surface area contributed by atoms with Gasteiger partial charge in [0.2, 0.25) is 0 Å². The summed E-state index contributed by atoms with van der Waals surface area (Å²) >= 11 is 5.70. The number of rotatable bonds is 5. The summed E-state index contributed by atoms with van der Waals surface area (Å²) in [6, 6.07) is 7.59. The van der Waals surface area contributed by atoms with Crippen molar-refractivity contribution in [3.05, 3.63) is 59.1 Å². The molecule has 1 aromatic carbocycles. The standard InChI is InChI=1S/C16H13ClFN3O3/c17-12-8-11(1-2-13(12)18)24-6-5-21-4-3-14-15(21)7-10(9-19-14)16(22)20-23/h1-4,7-9,23H,5-6H2,(H,20,22). The summed E-state index contributed by atoms with van der Waals surface area (Å²) in [7, 11) is 0. The van der Waals surface area contributed by atoms with Crippen LogP contribution in [-0.2, 0) is 6.54 Å². The molecule has 1 amide bonds. The molecular weight excluding hydrogens is 337 g/mol. The highest BCUT2D eigenvalue weighted by molar-refractivity contribution is 6.30. The number of amides is 1. The number of aromatic nitrogens is 2. The minimum Gasteiger partial charge on any atom is -0.492 e. The second kappa shape index (κ2) is 6.86. The molecule has 8 heteroatoms. The first kappa shape index (κ1) is 16.2. The lowest BCUT2D eigenvalue weighted by atomic mass is 10.2. The molecule has 3 aromatic rings. The van der Waals surface area contributed by atoms with Gasteiger partial charge >= 0.3 is 0 Å². The molecule has 0 fully saturated rings. The van der Waals surface area contributed by atoms with Crippen LogP contribution in [0.15, 0.2) is 42.7 Å². The van der Waals surface area contributed by atoms with Gasteiger partial charge < -0.3 is 9.30 Å². The van der Waals surface area contributed by atoms with Crippen molar-refractivity contribution in [2.75, 3.05) is 6.61 Å². The Balaban J connectivity index is 1.72. The van der Waals surface area contributed by atoms with Gasteiger partial charge in [0.25, 0.3) is 5.91 Å². The SMILES string of the molecule is O=C(NO)c1cnc2ccn(CCOc3ccc(F)c(Cl)c3)c2c1. The van der Waals surface area contributed by atoms with Crippen LogP contribution >= 0.6 is 11.6 Å². The predicted octanol–water partition coefficient (Wildman–Crippen LogP) is 3.03. The Morgan fingerprint density at radius 2 is 2.21 bits per heavy atom. The van der Waals surface area contributed by atoms with Crippen molar-refractivity contribution in [2.45, 2.75) is 6.54 Å². The summed E-state index contributed by atoms with van der Waals surface area (Å²) in [4.78, 5) is 15.6. The van der Waals surface area contributed by atoms with Crippen LogP contribution in [0.1, 0.15) is 10.4 Å². The summed E-state index contributed by atoms with van der Waals surface area (Å²) in [5.41, 5.74) is 3.27. The van der Waals surface area contributed by atoms with Gasteiger partial charge in [0.15, 0.2) is 0 Å². The van der Waals surface area contributed by atoms with Gasteiger partial charge in [-0.1, -0.05) is 11.6 Å². The van der Waals surface area contributed by atoms with E-state index >= 15 is 0 Å². The monoisotopic (exact) mass is 349 g/mol. The lowest BCUT2D eigenvalue weighted by Crippen LogP contribution is -2.18. The van der Waals surface area contributed by atoms with Gasteiger partial charge in [0.1, 0.15) is 18.2 Å². The summed E-state index contributed by atoms with van der Waals surface area (Å²) < 4.78 is 20.5. The Hall–Kier alpha value is -2.64. The third-order valence-electron chi connectivity index (χ3n) is 3.47. The van der Waals surface area contributed by atoms with E-state index < -0.39 is 11.7 Å². The minimum absolute atomic E-state index is 0.00257. The van der Waals surface area contributed by atoms with Crippen molar-refractivity contribution >= 4 is 28.5 Å². The Morgan fingerprint density at radius 3 is 2.96 bits per heavy atom. The number of hydroxylamine groups is 1. The van der Waals surface area contributed by atoms with E-state index in [0.29, 0.717) is 24.4 Å². The van der Waals surface area contributed by atoms with Gasteiger partial charge in [-0.2, -0.15) is 0 Å². The highest BCUT2D eigenvalue weighted by Crippen LogP contribution is 2.21. The van der Waals surface area contributed by atoms with Crippen LogP contribution in [0.5, 0.6) is 5.75 Å². The number of hydrogen-bond acceptors (Lipinski definition) is 4. The highest BCUT2D eigenvalue weighted by Gasteiger charge is 2.09. The van der Waals surface area contributed by atoms with E-state index in [0.717, 1.165) is 5.52 Å². The second-order valence-electron chi connectivity index (χ2n) is 5.00. The minimum atomic E-state index is -0.630. The number of ether oxygens (including phenoxy) is 1. The first-order chi connectivity index (χ1) is 11.6. The Morgan fingerprint density at radius 1 is 1.38 bits per heavy atom. The van der Waals surface area contributed by atoms with E-state index in [1.54, 1.807) is 11.5 Å². The van der Waals surface area contributed by atoms with Crippen LogP contribution in [-0.4, -0.2) is 27.3 Å². The fourth-order valence-electron chi connectivity index (χ4n) is 2.28. The molecule has 2 aromatic heterocycles. The highest BCUT2D eigenvalue weighted by atomic mass is 35.5. The van der Waals surface area contributed by atoms with Crippen molar-refractivity contribution in [2.24, 2.45) is 0 Å². The zero-order chi connectivity index (χ0) is 17.1. The normalized spacial score (nSPS) is 10.8. The molecule has 6 nitrogen and oxygen atoms in total. The van der Waals surface area contributed by atoms with Crippen LogP contribution in [0.4, 0.5) is 4.39 Å². The Labute approximate surface area is 141 Å². The van der Waals surface area contributed by atoms with Gasteiger partial charge in [0, 0.05) is 18.5 Å². The average molecular weight is 350 g/mol. The van der Waals surface area contributed by atoms with Crippen LogP contribution in [0.2, 0.25) is 5.02 Å². The van der Waals surface area contributed by atoms with E-state index in [1.165, 1.54) is 24.4 Å². The lowest BCUT2D eigenvalue weighted by molar-refractivity contribution is 0.0706. The maximum absolute atomic E-state index is 13.1. The molecule has 24 heavy (non-hydrogen) atoms. The van der Waals surface area contributed by atoms with Gasteiger partial charge in [0.05, 0.1) is 28.2 Å². The molecule has 0 radical (unpaired) electrons. The Kier molecular flexibility index (Phi) is 4.64. The molecule has 2 heterocycles. The molecule has 3 rings (SSSR count). The molecule has 0 aliphatic rings. The molecule has 0 spiro atoms. The zero-order valence-electron chi connectivity index (χ0n) is 12.4. The topological polar surface area (TPSA) is 76.4 Å². The van der Waals surface area contributed by atoms with E-state index in [9.17, 15) is 9.18 Å². The van der Waals surface area contributed by atoms with Crippen molar-refractivity contribution in [1.29, 1.82) is 0 Å². The number of carbonyl (C=O) groups excluding carboxylic acids is 1. The number of nitrogens with zero attached hydrogens (tertiary/aromatic N) is 2. The third kappa shape index (κ3) is 3.32. The molecular formula is C16H13ClFN3O3.